The Kier molecular flexibility index (Phi) is 4.57. The van der Waals surface area contributed by atoms with Crippen molar-refractivity contribution in [1.82, 2.24) is 30.2 Å². The number of hydrogen-bond donors (Lipinski definition) is 1. The lowest BCUT2D eigenvalue weighted by molar-refractivity contribution is 0.550. The fraction of sp³-hybridized carbons (Fsp3) is 0.188. The maximum atomic E-state index is 12.1. The highest BCUT2D eigenvalue weighted by molar-refractivity contribution is 7.98. The van der Waals surface area contributed by atoms with Crippen LogP contribution in [0.25, 0.3) is 10.9 Å². The van der Waals surface area contributed by atoms with Crippen LogP contribution in [-0.4, -0.2) is 30.2 Å². The molecule has 0 aliphatic heterocycles. The van der Waals surface area contributed by atoms with Gasteiger partial charge in [-0.3, -0.25) is 4.79 Å². The minimum absolute atomic E-state index is 0.126. The summed E-state index contributed by atoms with van der Waals surface area (Å²) in [6.07, 6.45) is 0.890. The van der Waals surface area contributed by atoms with Gasteiger partial charge >= 0.3 is 0 Å². The SMILES string of the molecule is O=c1[nH]c(CSc2nnnn2CCc2cccs2)nc2ccccc12. The zero-order valence-corrected chi connectivity index (χ0v) is 14.8. The smallest absolute Gasteiger partial charge is 0.258 e. The highest BCUT2D eigenvalue weighted by Gasteiger charge is 2.10. The lowest BCUT2D eigenvalue weighted by atomic mass is 10.2. The third kappa shape index (κ3) is 3.62. The molecule has 0 saturated carbocycles. The molecule has 0 unspecified atom stereocenters. The number of nitrogens with one attached hydrogen (secondary N) is 1. The number of fused-ring (bicyclic) bond motifs is 1. The monoisotopic (exact) mass is 370 g/mol. The first kappa shape index (κ1) is 16.0. The van der Waals surface area contributed by atoms with E-state index in [-0.39, 0.29) is 5.56 Å². The second kappa shape index (κ2) is 7.16. The van der Waals surface area contributed by atoms with Crippen molar-refractivity contribution in [3.05, 3.63) is 62.8 Å². The molecule has 0 saturated heterocycles. The van der Waals surface area contributed by atoms with Gasteiger partial charge < -0.3 is 4.98 Å². The van der Waals surface area contributed by atoms with Crippen molar-refractivity contribution in [3.63, 3.8) is 0 Å². The van der Waals surface area contributed by atoms with Crippen LogP contribution in [0, 0.1) is 0 Å². The van der Waals surface area contributed by atoms with E-state index in [1.54, 1.807) is 22.1 Å². The summed E-state index contributed by atoms with van der Waals surface area (Å²) in [6, 6.07) is 11.4. The fourth-order valence-corrected chi connectivity index (χ4v) is 3.92. The number of nitrogens with zero attached hydrogens (tertiary/aromatic N) is 5. The highest BCUT2D eigenvalue weighted by Crippen LogP contribution is 2.19. The van der Waals surface area contributed by atoms with E-state index in [2.05, 4.69) is 36.9 Å². The third-order valence-corrected chi connectivity index (χ3v) is 5.55. The van der Waals surface area contributed by atoms with E-state index in [0.29, 0.717) is 27.6 Å². The van der Waals surface area contributed by atoms with Crippen LogP contribution in [0.4, 0.5) is 0 Å². The van der Waals surface area contributed by atoms with Crippen molar-refractivity contribution >= 4 is 34.0 Å². The Morgan fingerprint density at radius 1 is 1.20 bits per heavy atom. The first-order valence-electron chi connectivity index (χ1n) is 7.69. The summed E-state index contributed by atoms with van der Waals surface area (Å²) in [5.74, 6) is 1.11. The van der Waals surface area contributed by atoms with Crippen LogP contribution in [0.3, 0.4) is 0 Å². The van der Waals surface area contributed by atoms with Gasteiger partial charge in [-0.25, -0.2) is 9.67 Å². The maximum absolute atomic E-state index is 12.1. The number of H-pyrrole nitrogens is 1. The van der Waals surface area contributed by atoms with E-state index in [9.17, 15) is 4.79 Å². The van der Waals surface area contributed by atoms with Crippen LogP contribution in [0.15, 0.2) is 51.7 Å². The lowest BCUT2D eigenvalue weighted by Gasteiger charge is -2.04. The second-order valence-corrected chi connectivity index (χ2v) is 7.31. The van der Waals surface area contributed by atoms with E-state index in [1.165, 1.54) is 16.6 Å². The van der Waals surface area contributed by atoms with E-state index < -0.39 is 0 Å². The number of aromatic amines is 1. The Morgan fingerprint density at radius 2 is 2.12 bits per heavy atom. The van der Waals surface area contributed by atoms with Crippen LogP contribution >= 0.6 is 23.1 Å². The molecular weight excluding hydrogens is 356 g/mol. The van der Waals surface area contributed by atoms with E-state index >= 15 is 0 Å². The molecule has 7 nitrogen and oxygen atoms in total. The van der Waals surface area contributed by atoms with Crippen molar-refractivity contribution in [2.24, 2.45) is 0 Å². The van der Waals surface area contributed by atoms with Gasteiger partial charge in [0.1, 0.15) is 5.82 Å². The highest BCUT2D eigenvalue weighted by atomic mass is 32.2. The molecule has 0 radical (unpaired) electrons. The van der Waals surface area contributed by atoms with Crippen molar-refractivity contribution in [1.29, 1.82) is 0 Å². The molecule has 126 valence electrons. The number of aromatic nitrogens is 6. The number of thiophene rings is 1. The summed E-state index contributed by atoms with van der Waals surface area (Å²) < 4.78 is 1.78. The molecule has 3 heterocycles. The summed E-state index contributed by atoms with van der Waals surface area (Å²) in [5, 5.41) is 15.2. The normalized spacial score (nSPS) is 11.2. The molecule has 1 N–H and O–H groups in total. The molecule has 9 heteroatoms. The average Bonchev–Trinajstić information content (AvgIpc) is 3.30. The van der Waals surface area contributed by atoms with Gasteiger partial charge in [0.2, 0.25) is 5.16 Å². The largest absolute Gasteiger partial charge is 0.309 e. The summed E-state index contributed by atoms with van der Waals surface area (Å²) in [5.41, 5.74) is 0.567. The topological polar surface area (TPSA) is 89.4 Å². The van der Waals surface area contributed by atoms with Crippen LogP contribution in [-0.2, 0) is 18.7 Å². The number of tetrazole rings is 1. The zero-order valence-electron chi connectivity index (χ0n) is 13.1. The average molecular weight is 370 g/mol. The summed E-state index contributed by atoms with van der Waals surface area (Å²) in [4.78, 5) is 20.7. The summed E-state index contributed by atoms with van der Waals surface area (Å²) in [7, 11) is 0. The van der Waals surface area contributed by atoms with Crippen molar-refractivity contribution in [2.45, 2.75) is 23.9 Å². The molecule has 0 amide bonds. The Balaban J connectivity index is 1.47. The molecular formula is C16H14N6OS2. The van der Waals surface area contributed by atoms with Gasteiger partial charge in [0.05, 0.1) is 23.2 Å². The van der Waals surface area contributed by atoms with Gasteiger partial charge in [-0.05, 0) is 34.0 Å². The van der Waals surface area contributed by atoms with Crippen LogP contribution < -0.4 is 5.56 Å². The number of rotatable bonds is 6. The molecule has 0 fully saturated rings. The molecule has 4 aromatic rings. The van der Waals surface area contributed by atoms with Gasteiger partial charge in [-0.15, -0.1) is 16.4 Å². The molecule has 4 rings (SSSR count). The van der Waals surface area contributed by atoms with Gasteiger partial charge in [-0.1, -0.05) is 30.0 Å². The minimum Gasteiger partial charge on any atom is -0.309 e. The molecule has 0 atom stereocenters. The number of para-hydroxylation sites is 1. The van der Waals surface area contributed by atoms with Gasteiger partial charge in [0.15, 0.2) is 0 Å². The number of hydrogen-bond acceptors (Lipinski definition) is 7. The Hall–Kier alpha value is -2.52. The number of aryl methyl sites for hydroxylation is 2. The number of benzene rings is 1. The zero-order chi connectivity index (χ0) is 17.1. The van der Waals surface area contributed by atoms with Crippen LogP contribution in [0.5, 0.6) is 0 Å². The van der Waals surface area contributed by atoms with Crippen LogP contribution in [0.2, 0.25) is 0 Å². The lowest BCUT2D eigenvalue weighted by Crippen LogP contribution is -2.11. The molecule has 25 heavy (non-hydrogen) atoms. The molecule has 0 bridgehead atoms. The molecule has 3 aromatic heterocycles. The van der Waals surface area contributed by atoms with Crippen molar-refractivity contribution in [3.8, 4) is 0 Å². The predicted octanol–water partition coefficient (Wildman–Crippen LogP) is 2.51. The van der Waals surface area contributed by atoms with Crippen LogP contribution in [0.1, 0.15) is 10.7 Å². The first-order chi connectivity index (χ1) is 12.3. The van der Waals surface area contributed by atoms with E-state index in [1.807, 2.05) is 24.3 Å². The molecule has 0 aliphatic rings. The quantitative estimate of drug-likeness (QED) is 0.525. The second-order valence-electron chi connectivity index (χ2n) is 5.33. The van der Waals surface area contributed by atoms with Gasteiger partial charge in [-0.2, -0.15) is 0 Å². The Morgan fingerprint density at radius 3 is 3.00 bits per heavy atom. The van der Waals surface area contributed by atoms with E-state index in [0.717, 1.165) is 13.0 Å². The predicted molar refractivity (Wildman–Crippen MR) is 97.8 cm³/mol. The van der Waals surface area contributed by atoms with Gasteiger partial charge in [0.25, 0.3) is 5.56 Å². The van der Waals surface area contributed by atoms with Crippen molar-refractivity contribution in [2.75, 3.05) is 0 Å². The summed E-state index contributed by atoms with van der Waals surface area (Å²) >= 11 is 3.18. The van der Waals surface area contributed by atoms with E-state index in [4.69, 9.17) is 0 Å². The molecule has 0 aliphatic carbocycles. The minimum atomic E-state index is -0.126. The molecule has 1 aromatic carbocycles. The summed E-state index contributed by atoms with van der Waals surface area (Å²) in [6.45, 7) is 0.720. The Labute approximate surface area is 151 Å². The number of thioether (sulfide) groups is 1. The maximum Gasteiger partial charge on any atom is 0.258 e. The Bertz CT molecular complexity index is 1040. The third-order valence-electron chi connectivity index (χ3n) is 3.65. The molecule has 0 spiro atoms. The fourth-order valence-electron chi connectivity index (χ4n) is 2.45. The standard InChI is InChI=1S/C16H14N6OS2/c23-15-12-5-1-2-6-13(12)17-14(18-15)10-25-16-19-20-21-22(16)8-7-11-4-3-9-24-11/h1-6,9H,7-8,10H2,(H,17,18,23). The van der Waals surface area contributed by atoms with Gasteiger partial charge in [0, 0.05) is 11.3 Å². The van der Waals surface area contributed by atoms with Crippen molar-refractivity contribution < 1.29 is 0 Å². The first-order valence-corrected chi connectivity index (χ1v) is 9.55.